The average Bonchev–Trinajstić information content (AvgIpc) is 3.92. The second-order valence-electron chi connectivity index (χ2n) is 12.9. The molecule has 4 nitrogen and oxygen atoms in total. The molecule has 0 saturated carbocycles. The summed E-state index contributed by atoms with van der Waals surface area (Å²) in [6.07, 6.45) is 0. The van der Waals surface area contributed by atoms with Crippen LogP contribution in [0.15, 0.2) is 121 Å². The van der Waals surface area contributed by atoms with Crippen LogP contribution in [0.3, 0.4) is 0 Å². The molecule has 4 aromatic heterocycles. The molecular weight excluding hydrogens is 687 g/mol. The number of benzene rings is 7. The van der Waals surface area contributed by atoms with Gasteiger partial charge in [-0.2, -0.15) is 10.5 Å². The van der Waals surface area contributed by atoms with Crippen LogP contribution in [0.25, 0.3) is 95.3 Å². The Hall–Kier alpha value is -6.58. The van der Waals surface area contributed by atoms with Gasteiger partial charge in [0, 0.05) is 61.9 Å². The van der Waals surface area contributed by atoms with Gasteiger partial charge in [-0.15, -0.1) is 22.7 Å². The fourth-order valence-corrected chi connectivity index (χ4v) is 10.5. The number of nitrogens with zero attached hydrogens (tertiary/aromatic N) is 4. The van der Waals surface area contributed by atoms with E-state index in [0.717, 1.165) is 61.9 Å². The summed E-state index contributed by atoms with van der Waals surface area (Å²) in [5.41, 5.74) is 1.01. The van der Waals surface area contributed by atoms with E-state index in [4.69, 9.17) is 0 Å². The predicted octanol–water partition coefficient (Wildman–Crippen LogP) is 12.6. The van der Waals surface area contributed by atoms with E-state index < -0.39 is 22.8 Å². The van der Waals surface area contributed by atoms with E-state index in [1.165, 1.54) is 0 Å². The third-order valence-electron chi connectivity index (χ3n) is 10.4. The number of aromatic nitrogens is 2. The van der Waals surface area contributed by atoms with Crippen LogP contribution < -0.4 is 0 Å². The monoisotopic (exact) mass is 706 g/mol. The molecule has 0 aliphatic carbocycles. The highest BCUT2D eigenvalue weighted by Gasteiger charge is 2.31. The molecule has 0 unspecified atom stereocenters. The van der Waals surface area contributed by atoms with Crippen molar-refractivity contribution in [2.45, 2.75) is 0 Å². The van der Waals surface area contributed by atoms with Crippen molar-refractivity contribution in [3.05, 3.63) is 144 Å². The third kappa shape index (κ3) is 3.60. The standard InChI is InChI=1S/C44H20F2N4S2/c45-41-27(21-47)43(49-29-13-5-1-9-23(29)37-31(49)17-19-35-39(37)25-11-3-7-15-33(25)51-35)42(46)44(28(41)22-48)50-30-14-6-2-10-24(30)38-32(50)18-20-36-40(38)26-12-4-8-16-34(26)52-36/h1-20H. The molecule has 11 rings (SSSR count). The van der Waals surface area contributed by atoms with Gasteiger partial charge in [0.25, 0.3) is 0 Å². The average molecular weight is 707 g/mol. The Morgan fingerprint density at radius 1 is 0.404 bits per heavy atom. The van der Waals surface area contributed by atoms with Crippen LogP contribution >= 0.6 is 22.7 Å². The van der Waals surface area contributed by atoms with Gasteiger partial charge in [-0.1, -0.05) is 72.8 Å². The fraction of sp³-hybridized carbons (Fsp3) is 0. The quantitative estimate of drug-likeness (QED) is 0.180. The SMILES string of the molecule is N#Cc1c(F)c(C#N)c(-n2c3ccccc3c3c4c(ccc32)sc2ccccc24)c(F)c1-n1c2ccccc2c2c3c(ccc21)sc1ccccc13. The largest absolute Gasteiger partial charge is 0.305 e. The zero-order valence-corrected chi connectivity index (χ0v) is 28.5. The molecule has 0 amide bonds. The number of hydrogen-bond acceptors (Lipinski definition) is 4. The van der Waals surface area contributed by atoms with Crippen LogP contribution in [0.5, 0.6) is 0 Å². The normalized spacial score (nSPS) is 12.0. The highest BCUT2D eigenvalue weighted by molar-refractivity contribution is 7.26. The number of hydrogen-bond donors (Lipinski definition) is 0. The van der Waals surface area contributed by atoms with Crippen molar-refractivity contribution in [3.8, 4) is 23.5 Å². The highest BCUT2D eigenvalue weighted by atomic mass is 32.1. The summed E-state index contributed by atoms with van der Waals surface area (Å²) in [4.78, 5) is 0. The van der Waals surface area contributed by atoms with Crippen LogP contribution in [0.2, 0.25) is 0 Å². The van der Waals surface area contributed by atoms with Crippen LogP contribution in [-0.2, 0) is 0 Å². The second kappa shape index (κ2) is 10.5. The minimum absolute atomic E-state index is 0.230. The van der Waals surface area contributed by atoms with Gasteiger partial charge in [0.2, 0.25) is 0 Å². The topological polar surface area (TPSA) is 57.4 Å². The Balaban J connectivity index is 1.34. The molecule has 0 spiro atoms. The van der Waals surface area contributed by atoms with Crippen molar-refractivity contribution in [1.29, 1.82) is 10.5 Å². The maximum absolute atomic E-state index is 18.1. The van der Waals surface area contributed by atoms with Crippen molar-refractivity contribution in [1.82, 2.24) is 9.13 Å². The van der Waals surface area contributed by atoms with Crippen LogP contribution in [0.1, 0.15) is 11.1 Å². The Morgan fingerprint density at radius 3 is 1.25 bits per heavy atom. The minimum atomic E-state index is -1.06. The van der Waals surface area contributed by atoms with Gasteiger partial charge >= 0.3 is 0 Å². The molecule has 0 bridgehead atoms. The first-order valence-corrected chi connectivity index (χ1v) is 18.2. The molecule has 242 valence electrons. The summed E-state index contributed by atoms with van der Waals surface area (Å²) in [6.45, 7) is 0. The molecule has 0 aliphatic heterocycles. The highest BCUT2D eigenvalue weighted by Crippen LogP contribution is 2.47. The number of nitriles is 2. The lowest BCUT2D eigenvalue weighted by molar-refractivity contribution is 0.583. The Kier molecular flexibility index (Phi) is 5.88. The van der Waals surface area contributed by atoms with E-state index in [1.54, 1.807) is 31.8 Å². The smallest absolute Gasteiger partial charge is 0.174 e. The Morgan fingerprint density at radius 2 is 0.808 bits per heavy atom. The zero-order chi connectivity index (χ0) is 34.8. The summed E-state index contributed by atoms with van der Waals surface area (Å²) < 4.78 is 42.8. The summed E-state index contributed by atoms with van der Waals surface area (Å²) >= 11 is 3.36. The Labute approximate surface area is 301 Å². The number of fused-ring (bicyclic) bond motifs is 14. The summed E-state index contributed by atoms with van der Waals surface area (Å²) in [5, 5.41) is 28.8. The first-order chi connectivity index (χ1) is 25.6. The van der Waals surface area contributed by atoms with Gasteiger partial charge in [0.05, 0.1) is 22.1 Å². The summed E-state index contributed by atoms with van der Waals surface area (Å²) in [6, 6.07) is 43.4. The molecular formula is C44H20F2N4S2. The minimum Gasteiger partial charge on any atom is -0.305 e. The summed E-state index contributed by atoms with van der Waals surface area (Å²) in [5.74, 6) is -1.91. The Bertz CT molecular complexity index is 3250. The van der Waals surface area contributed by atoms with Crippen molar-refractivity contribution in [2.75, 3.05) is 0 Å². The lowest BCUT2D eigenvalue weighted by Crippen LogP contribution is -2.12. The van der Waals surface area contributed by atoms with Gasteiger partial charge in [-0.3, -0.25) is 0 Å². The fourth-order valence-electron chi connectivity index (χ4n) is 8.32. The van der Waals surface area contributed by atoms with Gasteiger partial charge < -0.3 is 9.13 Å². The van der Waals surface area contributed by atoms with E-state index in [-0.39, 0.29) is 11.4 Å². The molecule has 0 fully saturated rings. The summed E-state index contributed by atoms with van der Waals surface area (Å²) in [7, 11) is 0. The molecule has 8 heteroatoms. The number of halogens is 2. The first-order valence-electron chi connectivity index (χ1n) is 16.6. The van der Waals surface area contributed by atoms with E-state index >= 15 is 8.78 Å². The first kappa shape index (κ1) is 29.2. The van der Waals surface area contributed by atoms with Crippen molar-refractivity contribution >= 4 is 107 Å². The van der Waals surface area contributed by atoms with E-state index in [0.29, 0.717) is 22.1 Å². The molecule has 4 heterocycles. The number of thiophene rings is 2. The van der Waals surface area contributed by atoms with E-state index in [2.05, 4.69) is 24.3 Å². The van der Waals surface area contributed by atoms with Crippen LogP contribution in [-0.4, -0.2) is 9.13 Å². The molecule has 0 atom stereocenters. The lowest BCUT2D eigenvalue weighted by Gasteiger charge is -2.18. The molecule has 11 aromatic rings. The maximum Gasteiger partial charge on any atom is 0.174 e. The second-order valence-corrected chi connectivity index (χ2v) is 15.0. The van der Waals surface area contributed by atoms with Crippen molar-refractivity contribution < 1.29 is 8.78 Å². The zero-order valence-electron chi connectivity index (χ0n) is 26.9. The van der Waals surface area contributed by atoms with Gasteiger partial charge in [-0.25, -0.2) is 8.78 Å². The molecule has 0 N–H and O–H groups in total. The van der Waals surface area contributed by atoms with E-state index in [1.807, 2.05) is 109 Å². The van der Waals surface area contributed by atoms with Gasteiger partial charge in [0.1, 0.15) is 34.6 Å². The van der Waals surface area contributed by atoms with Crippen molar-refractivity contribution in [2.24, 2.45) is 0 Å². The van der Waals surface area contributed by atoms with E-state index in [9.17, 15) is 10.5 Å². The van der Waals surface area contributed by atoms with Gasteiger partial charge in [-0.05, 0) is 48.5 Å². The molecule has 0 radical (unpaired) electrons. The predicted molar refractivity (Wildman–Crippen MR) is 210 cm³/mol. The van der Waals surface area contributed by atoms with Crippen LogP contribution in [0.4, 0.5) is 8.78 Å². The number of rotatable bonds is 2. The third-order valence-corrected chi connectivity index (χ3v) is 12.6. The number of para-hydroxylation sites is 2. The molecule has 0 aliphatic rings. The lowest BCUT2D eigenvalue weighted by atomic mass is 10.0. The van der Waals surface area contributed by atoms with Gasteiger partial charge in [0.15, 0.2) is 11.6 Å². The molecule has 52 heavy (non-hydrogen) atoms. The molecule has 0 saturated heterocycles. The van der Waals surface area contributed by atoms with Crippen LogP contribution in [0, 0.1) is 34.3 Å². The molecule has 7 aromatic carbocycles. The maximum atomic E-state index is 18.1. The van der Waals surface area contributed by atoms with Crippen molar-refractivity contribution in [3.63, 3.8) is 0 Å².